The van der Waals surface area contributed by atoms with Crippen molar-refractivity contribution in [3.05, 3.63) is 23.8 Å². The van der Waals surface area contributed by atoms with E-state index in [9.17, 15) is 24.3 Å². The maximum atomic E-state index is 12.3. The average Bonchev–Trinajstić information content (AvgIpc) is 2.81. The van der Waals surface area contributed by atoms with Crippen LogP contribution in [0.4, 0.5) is 9.59 Å². The number of hydrogen-bond donors (Lipinski definition) is 2. The van der Waals surface area contributed by atoms with E-state index in [0.717, 1.165) is 0 Å². The summed E-state index contributed by atoms with van der Waals surface area (Å²) < 4.78 is 26.0. The Morgan fingerprint density at radius 2 is 1.29 bits per heavy atom. The molecule has 0 aliphatic rings. The van der Waals surface area contributed by atoms with Gasteiger partial charge in [-0.15, -0.1) is 0 Å². The molecule has 0 saturated carbocycles. The Balaban J connectivity index is 3.31. The smallest absolute Gasteiger partial charge is 0.480 e. The number of hydrogen-bond acceptors (Lipinski definition) is 10. The van der Waals surface area contributed by atoms with E-state index >= 15 is 0 Å². The zero-order valence-electron chi connectivity index (χ0n) is 23.2. The molecule has 0 aliphatic carbocycles. The molecule has 1 aromatic carbocycles. The van der Waals surface area contributed by atoms with Gasteiger partial charge in [-0.05, 0) is 41.4 Å². The third-order valence-electron chi connectivity index (χ3n) is 5.18. The molecule has 0 fully saturated rings. The second-order valence-electron chi connectivity index (χ2n) is 10.5. The molecular weight excluding hydrogens is 498 g/mol. The lowest BCUT2D eigenvalue weighted by atomic mass is 9.82. The Labute approximate surface area is 223 Å². The van der Waals surface area contributed by atoms with Gasteiger partial charge in [0.1, 0.15) is 6.04 Å². The van der Waals surface area contributed by atoms with Crippen molar-refractivity contribution < 1.29 is 48.0 Å². The highest BCUT2D eigenvalue weighted by Crippen LogP contribution is 2.36. The number of ether oxygens (including phenoxy) is 5. The van der Waals surface area contributed by atoms with E-state index in [1.807, 2.05) is 41.5 Å². The lowest BCUT2D eigenvalue weighted by Crippen LogP contribution is -2.40. The summed E-state index contributed by atoms with van der Waals surface area (Å²) in [4.78, 5) is 48.3. The first-order valence-corrected chi connectivity index (χ1v) is 12.7. The van der Waals surface area contributed by atoms with Crippen LogP contribution in [0.25, 0.3) is 0 Å². The average molecular weight is 540 g/mol. The molecule has 3 N–H and O–H groups in total. The van der Waals surface area contributed by atoms with Crippen molar-refractivity contribution in [1.82, 2.24) is 0 Å². The number of nitrogens with two attached hydrogens (primary N) is 1. The summed E-state index contributed by atoms with van der Waals surface area (Å²) in [6.07, 6.45) is -1.82. The second-order valence-corrected chi connectivity index (χ2v) is 10.5. The zero-order chi connectivity index (χ0) is 29.0. The predicted octanol–water partition coefficient (Wildman–Crippen LogP) is 4.75. The summed E-state index contributed by atoms with van der Waals surface area (Å²) in [6, 6.07) is 2.81. The fraction of sp³-hybridized carbons (Fsp3) is 0.630. The van der Waals surface area contributed by atoms with Crippen LogP contribution in [0.2, 0.25) is 0 Å². The number of carbonyl (C=O) groups excluding carboxylic acids is 3. The van der Waals surface area contributed by atoms with Gasteiger partial charge in [0.25, 0.3) is 0 Å². The molecule has 0 radical (unpaired) electrons. The molecule has 0 saturated heterocycles. The van der Waals surface area contributed by atoms with Gasteiger partial charge in [0.2, 0.25) is 0 Å². The van der Waals surface area contributed by atoms with Crippen molar-refractivity contribution in [2.24, 2.45) is 29.4 Å². The Morgan fingerprint density at radius 3 is 1.76 bits per heavy atom. The molecule has 0 bridgehead atoms. The molecule has 3 atom stereocenters. The fourth-order valence-electron chi connectivity index (χ4n) is 3.37. The van der Waals surface area contributed by atoms with Gasteiger partial charge >= 0.3 is 24.2 Å². The van der Waals surface area contributed by atoms with Crippen LogP contribution in [0.1, 0.15) is 66.4 Å². The molecule has 2 unspecified atom stereocenters. The standard InChI is InChI=1S/C27H41NO10/c1-15(2)10-22(29)34-14-18(7)23(24(28)25(30)31)19-8-9-20(37-26(32)35-12-16(3)4)21(11-19)38-27(33)36-13-17(5)6/h8-9,11,15-18,23-24H,10,12-14,28H2,1-7H3,(H,30,31)/t18?,23?,24-/m0/s1. The molecule has 1 aromatic rings. The minimum Gasteiger partial charge on any atom is -0.480 e. The van der Waals surface area contributed by atoms with Crippen molar-refractivity contribution in [3.63, 3.8) is 0 Å². The highest BCUT2D eigenvalue weighted by atomic mass is 16.7. The maximum absolute atomic E-state index is 12.3. The van der Waals surface area contributed by atoms with Gasteiger partial charge in [0.15, 0.2) is 11.5 Å². The van der Waals surface area contributed by atoms with E-state index < -0.39 is 42.1 Å². The maximum Gasteiger partial charge on any atom is 0.513 e. The third kappa shape index (κ3) is 11.8. The first kappa shape index (κ1) is 32.7. The van der Waals surface area contributed by atoms with Gasteiger partial charge < -0.3 is 34.5 Å². The molecule has 1 rings (SSSR count). The van der Waals surface area contributed by atoms with Crippen molar-refractivity contribution >= 4 is 24.2 Å². The van der Waals surface area contributed by atoms with E-state index in [0.29, 0.717) is 5.56 Å². The van der Waals surface area contributed by atoms with Gasteiger partial charge in [-0.2, -0.15) is 0 Å². The highest BCUT2D eigenvalue weighted by Gasteiger charge is 2.33. The normalized spacial score (nSPS) is 13.6. The van der Waals surface area contributed by atoms with Gasteiger partial charge in [0, 0.05) is 12.3 Å². The lowest BCUT2D eigenvalue weighted by molar-refractivity contribution is -0.146. The van der Waals surface area contributed by atoms with Crippen LogP contribution in [0.5, 0.6) is 11.5 Å². The van der Waals surface area contributed by atoms with Gasteiger partial charge in [-0.3, -0.25) is 9.59 Å². The van der Waals surface area contributed by atoms with Crippen LogP contribution in [0, 0.1) is 23.7 Å². The number of carbonyl (C=O) groups is 4. The molecule has 0 amide bonds. The Bertz CT molecular complexity index is 944. The minimum atomic E-state index is -1.38. The molecule has 38 heavy (non-hydrogen) atoms. The SMILES string of the molecule is CC(C)COC(=O)Oc1ccc(C(C(C)COC(=O)CC(C)C)[C@H](N)C(=O)O)cc1OC(=O)OCC(C)C. The number of benzene rings is 1. The van der Waals surface area contributed by atoms with Crippen LogP contribution >= 0.6 is 0 Å². The van der Waals surface area contributed by atoms with Crippen LogP contribution in [-0.2, 0) is 23.8 Å². The largest absolute Gasteiger partial charge is 0.513 e. The van der Waals surface area contributed by atoms with Crippen LogP contribution in [-0.4, -0.2) is 55.2 Å². The molecule has 11 nitrogen and oxygen atoms in total. The quantitative estimate of drug-likeness (QED) is 0.191. The van der Waals surface area contributed by atoms with E-state index in [-0.39, 0.29) is 55.5 Å². The van der Waals surface area contributed by atoms with Crippen molar-refractivity contribution in [1.29, 1.82) is 0 Å². The minimum absolute atomic E-state index is 0.0489. The summed E-state index contributed by atoms with van der Waals surface area (Å²) >= 11 is 0. The summed E-state index contributed by atoms with van der Waals surface area (Å²) in [5, 5.41) is 9.65. The molecule has 214 valence electrons. The number of carboxylic acids is 1. The van der Waals surface area contributed by atoms with Gasteiger partial charge in [0.05, 0.1) is 19.8 Å². The summed E-state index contributed by atoms with van der Waals surface area (Å²) in [7, 11) is 0. The molecular formula is C27H41NO10. The molecule has 0 spiro atoms. The molecule has 0 aliphatic heterocycles. The van der Waals surface area contributed by atoms with Crippen molar-refractivity contribution in [3.8, 4) is 11.5 Å². The topological polar surface area (TPSA) is 161 Å². The Kier molecular flexibility index (Phi) is 13.6. The second kappa shape index (κ2) is 15.8. The summed E-state index contributed by atoms with van der Waals surface area (Å²) in [5.41, 5.74) is 6.38. The Hall–Kier alpha value is -3.34. The monoisotopic (exact) mass is 539 g/mol. The van der Waals surface area contributed by atoms with Crippen LogP contribution in [0.3, 0.4) is 0 Å². The molecule has 0 heterocycles. The summed E-state index contributed by atoms with van der Waals surface area (Å²) in [5.74, 6) is -3.16. The number of aliphatic carboxylic acids is 1. The lowest BCUT2D eigenvalue weighted by Gasteiger charge is -2.28. The molecule has 11 heteroatoms. The summed E-state index contributed by atoms with van der Waals surface area (Å²) in [6.45, 7) is 13.0. The third-order valence-corrected chi connectivity index (χ3v) is 5.18. The number of carboxylic acid groups (broad SMARTS) is 1. The van der Waals surface area contributed by atoms with Gasteiger partial charge in [-0.25, -0.2) is 9.59 Å². The van der Waals surface area contributed by atoms with E-state index in [2.05, 4.69) is 0 Å². The van der Waals surface area contributed by atoms with E-state index in [1.54, 1.807) is 6.92 Å². The first-order chi connectivity index (χ1) is 17.7. The highest BCUT2D eigenvalue weighted by molar-refractivity contribution is 5.75. The Morgan fingerprint density at radius 1 is 0.763 bits per heavy atom. The number of rotatable bonds is 14. The predicted molar refractivity (Wildman–Crippen MR) is 138 cm³/mol. The zero-order valence-corrected chi connectivity index (χ0v) is 23.2. The number of esters is 1. The van der Waals surface area contributed by atoms with Crippen molar-refractivity contribution in [2.45, 2.75) is 66.8 Å². The first-order valence-electron chi connectivity index (χ1n) is 12.7. The van der Waals surface area contributed by atoms with Crippen LogP contribution in [0.15, 0.2) is 18.2 Å². The fourth-order valence-corrected chi connectivity index (χ4v) is 3.37. The molecule has 0 aromatic heterocycles. The van der Waals surface area contributed by atoms with Crippen molar-refractivity contribution in [2.75, 3.05) is 19.8 Å². The van der Waals surface area contributed by atoms with E-state index in [4.69, 9.17) is 29.4 Å². The van der Waals surface area contributed by atoms with Gasteiger partial charge in [-0.1, -0.05) is 54.5 Å². The van der Waals surface area contributed by atoms with Crippen LogP contribution < -0.4 is 15.2 Å². The van der Waals surface area contributed by atoms with E-state index in [1.165, 1.54) is 18.2 Å².